The van der Waals surface area contributed by atoms with Gasteiger partial charge in [-0.2, -0.15) is 4.31 Å². The van der Waals surface area contributed by atoms with Gasteiger partial charge in [-0.1, -0.05) is 6.07 Å². The minimum absolute atomic E-state index is 0.101. The van der Waals surface area contributed by atoms with Gasteiger partial charge in [-0.25, -0.2) is 13.2 Å². The van der Waals surface area contributed by atoms with E-state index in [0.29, 0.717) is 31.0 Å². The van der Waals surface area contributed by atoms with Gasteiger partial charge in [0, 0.05) is 38.3 Å². The van der Waals surface area contributed by atoms with Crippen LogP contribution in [0, 0.1) is 10.1 Å². The monoisotopic (exact) mass is 423 g/mol. The van der Waals surface area contributed by atoms with Gasteiger partial charge in [0.1, 0.15) is 11.3 Å². The van der Waals surface area contributed by atoms with Gasteiger partial charge in [-0.05, 0) is 19.1 Å². The summed E-state index contributed by atoms with van der Waals surface area (Å²) in [6.45, 7) is 3.64. The first kappa shape index (κ1) is 21.0. The number of nitrogens with zero attached hydrogens (tertiary/aromatic N) is 3. The zero-order valence-electron chi connectivity index (χ0n) is 15.8. The number of carbonyl (C=O) groups is 1. The van der Waals surface area contributed by atoms with Gasteiger partial charge in [-0.15, -0.1) is 0 Å². The molecule has 1 fully saturated rings. The Balaban J connectivity index is 1.65. The SMILES string of the molecule is CCOC(=O)c1ccoc1CN1CCN(S(=O)(=O)c2cccc([N+](=O)[O-])c2)CC1. The second kappa shape index (κ2) is 8.72. The van der Waals surface area contributed by atoms with Crippen molar-refractivity contribution in [2.75, 3.05) is 32.8 Å². The molecule has 2 aromatic rings. The van der Waals surface area contributed by atoms with Crippen LogP contribution in [0.15, 0.2) is 45.9 Å². The van der Waals surface area contributed by atoms with Crippen molar-refractivity contribution in [1.82, 2.24) is 9.21 Å². The molecule has 1 aliphatic heterocycles. The van der Waals surface area contributed by atoms with Crippen molar-refractivity contribution in [2.45, 2.75) is 18.4 Å². The van der Waals surface area contributed by atoms with Crippen LogP contribution in [0.2, 0.25) is 0 Å². The number of ether oxygens (including phenoxy) is 1. The molecule has 0 radical (unpaired) electrons. The van der Waals surface area contributed by atoms with Gasteiger partial charge >= 0.3 is 5.97 Å². The van der Waals surface area contributed by atoms with Crippen LogP contribution in [0.5, 0.6) is 0 Å². The number of sulfonamides is 1. The van der Waals surface area contributed by atoms with Crippen molar-refractivity contribution in [3.63, 3.8) is 0 Å². The molecule has 0 N–H and O–H groups in total. The molecule has 0 atom stereocenters. The van der Waals surface area contributed by atoms with Crippen molar-refractivity contribution in [3.05, 3.63) is 58.0 Å². The molecule has 3 rings (SSSR count). The molecule has 0 aliphatic carbocycles. The number of hydrogen-bond acceptors (Lipinski definition) is 8. The van der Waals surface area contributed by atoms with Crippen molar-refractivity contribution in [1.29, 1.82) is 0 Å². The standard InChI is InChI=1S/C18H21N3O7S/c1-2-27-18(22)16-6-11-28-17(16)13-19-7-9-20(10-8-19)29(25,26)15-5-3-4-14(12-15)21(23)24/h3-6,11-12H,2,7-10,13H2,1H3. The van der Waals surface area contributed by atoms with Gasteiger partial charge in [0.05, 0.1) is 29.2 Å². The van der Waals surface area contributed by atoms with E-state index in [4.69, 9.17) is 9.15 Å². The Morgan fingerprint density at radius 2 is 1.97 bits per heavy atom. The Morgan fingerprint density at radius 1 is 1.24 bits per heavy atom. The van der Waals surface area contributed by atoms with Crippen LogP contribution in [-0.4, -0.2) is 61.3 Å². The van der Waals surface area contributed by atoms with Crippen molar-refractivity contribution in [2.24, 2.45) is 0 Å². The van der Waals surface area contributed by atoms with Crippen LogP contribution in [0.4, 0.5) is 5.69 Å². The maximum atomic E-state index is 12.8. The highest BCUT2D eigenvalue weighted by molar-refractivity contribution is 7.89. The Morgan fingerprint density at radius 3 is 2.62 bits per heavy atom. The van der Waals surface area contributed by atoms with E-state index in [2.05, 4.69) is 0 Å². The Bertz CT molecular complexity index is 994. The number of carbonyl (C=O) groups excluding carboxylic acids is 1. The van der Waals surface area contributed by atoms with Crippen LogP contribution in [-0.2, 0) is 21.3 Å². The fraction of sp³-hybridized carbons (Fsp3) is 0.389. The fourth-order valence-electron chi connectivity index (χ4n) is 3.09. The summed E-state index contributed by atoms with van der Waals surface area (Å²) in [4.78, 5) is 24.1. The predicted molar refractivity (Wildman–Crippen MR) is 102 cm³/mol. The lowest BCUT2D eigenvalue weighted by Gasteiger charge is -2.33. The van der Waals surface area contributed by atoms with Crippen molar-refractivity contribution >= 4 is 21.7 Å². The molecule has 1 aromatic carbocycles. The summed E-state index contributed by atoms with van der Waals surface area (Å²) in [6, 6.07) is 6.58. The third kappa shape index (κ3) is 4.63. The number of furan rings is 1. The molecule has 0 spiro atoms. The lowest BCUT2D eigenvalue weighted by molar-refractivity contribution is -0.385. The molecule has 156 valence electrons. The summed E-state index contributed by atoms with van der Waals surface area (Å²) in [5.41, 5.74) is 0.0903. The molecule has 0 unspecified atom stereocenters. The van der Waals surface area contributed by atoms with E-state index in [0.717, 1.165) is 6.07 Å². The van der Waals surface area contributed by atoms with Gasteiger partial charge in [0.15, 0.2) is 0 Å². The van der Waals surface area contributed by atoms with Crippen LogP contribution in [0.1, 0.15) is 23.0 Å². The summed E-state index contributed by atoms with van der Waals surface area (Å²) in [7, 11) is -3.83. The fourth-order valence-corrected chi connectivity index (χ4v) is 4.55. The molecule has 0 amide bonds. The smallest absolute Gasteiger partial charge is 0.341 e. The molecule has 1 saturated heterocycles. The molecular weight excluding hydrogens is 402 g/mol. The minimum atomic E-state index is -3.83. The topological polar surface area (TPSA) is 123 Å². The molecule has 11 heteroatoms. The summed E-state index contributed by atoms with van der Waals surface area (Å²) < 4.78 is 37.3. The molecule has 0 bridgehead atoms. The van der Waals surface area contributed by atoms with E-state index in [1.54, 1.807) is 13.0 Å². The highest BCUT2D eigenvalue weighted by Gasteiger charge is 2.30. The largest absolute Gasteiger partial charge is 0.467 e. The number of nitro groups is 1. The van der Waals surface area contributed by atoms with E-state index >= 15 is 0 Å². The third-order valence-corrected chi connectivity index (χ3v) is 6.50. The van der Waals surface area contributed by atoms with Crippen molar-refractivity contribution in [3.8, 4) is 0 Å². The van der Waals surface area contributed by atoms with E-state index in [9.17, 15) is 23.3 Å². The van der Waals surface area contributed by atoms with Gasteiger partial charge in [0.2, 0.25) is 10.0 Å². The highest BCUT2D eigenvalue weighted by atomic mass is 32.2. The van der Waals surface area contributed by atoms with E-state index < -0.39 is 20.9 Å². The number of esters is 1. The van der Waals surface area contributed by atoms with Crippen LogP contribution >= 0.6 is 0 Å². The zero-order chi connectivity index (χ0) is 21.0. The summed E-state index contributed by atoms with van der Waals surface area (Å²) in [6.07, 6.45) is 1.42. The van der Waals surface area contributed by atoms with Crippen LogP contribution in [0.3, 0.4) is 0 Å². The van der Waals surface area contributed by atoms with Crippen molar-refractivity contribution < 1.29 is 27.3 Å². The normalized spacial score (nSPS) is 15.9. The Hall–Kier alpha value is -2.76. The lowest BCUT2D eigenvalue weighted by Crippen LogP contribution is -2.48. The minimum Gasteiger partial charge on any atom is -0.467 e. The third-order valence-electron chi connectivity index (χ3n) is 4.61. The molecule has 2 heterocycles. The van der Waals surface area contributed by atoms with Gasteiger partial charge in [-0.3, -0.25) is 15.0 Å². The number of benzene rings is 1. The maximum absolute atomic E-state index is 12.8. The molecule has 29 heavy (non-hydrogen) atoms. The lowest BCUT2D eigenvalue weighted by atomic mass is 10.2. The second-order valence-corrected chi connectivity index (χ2v) is 8.35. The molecule has 10 nitrogen and oxygen atoms in total. The molecule has 0 saturated carbocycles. The van der Waals surface area contributed by atoms with Crippen LogP contribution in [0.25, 0.3) is 0 Å². The quantitative estimate of drug-likeness (QED) is 0.376. The van der Waals surface area contributed by atoms with E-state index in [1.165, 1.54) is 28.8 Å². The second-order valence-electron chi connectivity index (χ2n) is 6.41. The highest BCUT2D eigenvalue weighted by Crippen LogP contribution is 2.23. The molecular formula is C18H21N3O7S. The number of piperazine rings is 1. The summed E-state index contributed by atoms with van der Waals surface area (Å²) >= 11 is 0. The predicted octanol–water partition coefficient (Wildman–Crippen LogP) is 1.87. The van der Waals surface area contributed by atoms with Gasteiger partial charge < -0.3 is 9.15 Å². The molecule has 1 aromatic heterocycles. The van der Waals surface area contributed by atoms with E-state index in [1.807, 2.05) is 4.90 Å². The number of rotatable bonds is 7. The number of nitro benzene ring substituents is 1. The summed E-state index contributed by atoms with van der Waals surface area (Å²) in [5, 5.41) is 10.9. The zero-order valence-corrected chi connectivity index (χ0v) is 16.6. The molecule has 1 aliphatic rings. The first-order chi connectivity index (χ1) is 13.8. The average Bonchev–Trinajstić information content (AvgIpc) is 3.17. The first-order valence-corrected chi connectivity index (χ1v) is 10.5. The van der Waals surface area contributed by atoms with Gasteiger partial charge in [0.25, 0.3) is 5.69 Å². The Kier molecular flexibility index (Phi) is 6.30. The summed E-state index contributed by atoms with van der Waals surface area (Å²) in [5.74, 6) is 0.0153. The number of hydrogen-bond donors (Lipinski definition) is 0. The van der Waals surface area contributed by atoms with Crippen LogP contribution < -0.4 is 0 Å². The maximum Gasteiger partial charge on any atom is 0.341 e. The van der Waals surface area contributed by atoms with E-state index in [-0.39, 0.29) is 30.3 Å². The average molecular weight is 423 g/mol. The first-order valence-electron chi connectivity index (χ1n) is 9.03. The Labute approximate surface area is 167 Å². The number of non-ortho nitro benzene ring substituents is 1.